The monoisotopic (exact) mass is 295 g/mol. The zero-order valence-electron chi connectivity index (χ0n) is 12.0. The summed E-state index contributed by atoms with van der Waals surface area (Å²) in [5.74, 6) is 1.46. The molecule has 0 aliphatic carbocycles. The summed E-state index contributed by atoms with van der Waals surface area (Å²) in [4.78, 5) is 4.44. The Morgan fingerprint density at radius 2 is 1.95 bits per heavy atom. The van der Waals surface area contributed by atoms with Crippen molar-refractivity contribution < 1.29 is 4.52 Å². The largest absolute Gasteiger partial charge is 0.338 e. The van der Waals surface area contributed by atoms with E-state index in [1.807, 2.05) is 25.1 Å². The predicted octanol–water partition coefficient (Wildman–Crippen LogP) is 3.34. The lowest BCUT2D eigenvalue weighted by Crippen LogP contribution is -2.19. The van der Waals surface area contributed by atoms with Crippen molar-refractivity contribution in [3.8, 4) is 0 Å². The molecule has 2 aromatic rings. The molecule has 0 saturated heterocycles. The molecule has 1 aromatic heterocycles. The van der Waals surface area contributed by atoms with Gasteiger partial charge in [0.1, 0.15) is 0 Å². The van der Waals surface area contributed by atoms with E-state index >= 15 is 0 Å². The second-order valence-corrected chi connectivity index (χ2v) is 4.71. The van der Waals surface area contributed by atoms with Crippen LogP contribution in [0.15, 0.2) is 34.9 Å². The van der Waals surface area contributed by atoms with Crippen LogP contribution in [0.4, 0.5) is 0 Å². The van der Waals surface area contributed by atoms with Crippen LogP contribution in [-0.4, -0.2) is 16.7 Å². The van der Waals surface area contributed by atoms with E-state index in [4.69, 9.17) is 4.52 Å². The summed E-state index contributed by atoms with van der Waals surface area (Å²) < 4.78 is 5.29. The van der Waals surface area contributed by atoms with Gasteiger partial charge in [-0.25, -0.2) is 0 Å². The van der Waals surface area contributed by atoms with E-state index in [1.165, 1.54) is 5.56 Å². The molecular formula is C15H22ClN3O. The molecule has 0 bridgehead atoms. The molecule has 0 saturated carbocycles. The fourth-order valence-electron chi connectivity index (χ4n) is 1.89. The van der Waals surface area contributed by atoms with E-state index in [9.17, 15) is 0 Å². The maximum absolute atomic E-state index is 5.29. The molecule has 5 heteroatoms. The first-order valence-electron chi connectivity index (χ1n) is 6.89. The molecule has 1 heterocycles. The predicted molar refractivity (Wildman–Crippen MR) is 82.1 cm³/mol. The summed E-state index contributed by atoms with van der Waals surface area (Å²) in [5, 5.41) is 7.37. The van der Waals surface area contributed by atoms with Crippen molar-refractivity contribution in [1.29, 1.82) is 0 Å². The molecule has 0 radical (unpaired) electrons. The molecule has 1 N–H and O–H groups in total. The summed E-state index contributed by atoms with van der Waals surface area (Å²) in [6, 6.07) is 10.5. The fraction of sp³-hybridized carbons (Fsp3) is 0.467. The maximum Gasteiger partial charge on any atom is 0.243 e. The van der Waals surface area contributed by atoms with Gasteiger partial charge in [0.05, 0.1) is 6.04 Å². The molecule has 0 amide bonds. The van der Waals surface area contributed by atoms with Gasteiger partial charge in [0.15, 0.2) is 5.82 Å². The highest BCUT2D eigenvalue weighted by Gasteiger charge is 2.13. The quantitative estimate of drug-likeness (QED) is 0.851. The zero-order valence-corrected chi connectivity index (χ0v) is 12.8. The summed E-state index contributed by atoms with van der Waals surface area (Å²) >= 11 is 0. The summed E-state index contributed by atoms with van der Waals surface area (Å²) in [5.41, 5.74) is 1.30. The zero-order chi connectivity index (χ0) is 13.5. The lowest BCUT2D eigenvalue weighted by molar-refractivity contribution is 0.336. The number of hydrogen-bond acceptors (Lipinski definition) is 4. The van der Waals surface area contributed by atoms with Gasteiger partial charge >= 0.3 is 0 Å². The van der Waals surface area contributed by atoms with Crippen molar-refractivity contribution in [2.75, 3.05) is 6.54 Å². The Kier molecular flexibility index (Phi) is 7.26. The summed E-state index contributed by atoms with van der Waals surface area (Å²) in [6.45, 7) is 5.14. The lowest BCUT2D eigenvalue weighted by atomic mass is 10.1. The van der Waals surface area contributed by atoms with Crippen molar-refractivity contribution in [1.82, 2.24) is 15.5 Å². The summed E-state index contributed by atoms with van der Waals surface area (Å²) in [6.07, 6.45) is 2.85. The van der Waals surface area contributed by atoms with Crippen molar-refractivity contribution in [2.24, 2.45) is 0 Å². The Bertz CT molecular complexity index is 487. The van der Waals surface area contributed by atoms with Gasteiger partial charge in [0, 0.05) is 6.42 Å². The number of benzene rings is 1. The van der Waals surface area contributed by atoms with E-state index in [0.29, 0.717) is 5.89 Å². The van der Waals surface area contributed by atoms with Crippen molar-refractivity contribution >= 4 is 12.4 Å². The molecule has 4 nitrogen and oxygen atoms in total. The van der Waals surface area contributed by atoms with E-state index < -0.39 is 0 Å². The first kappa shape index (κ1) is 16.7. The molecule has 2 rings (SSSR count). The number of halogens is 1. The van der Waals surface area contributed by atoms with Gasteiger partial charge in [-0.05, 0) is 31.9 Å². The Balaban J connectivity index is 0.00000200. The average molecular weight is 296 g/mol. The highest BCUT2D eigenvalue weighted by Crippen LogP contribution is 2.11. The number of rotatable bonds is 7. The van der Waals surface area contributed by atoms with Gasteiger partial charge in [-0.1, -0.05) is 42.4 Å². The first-order valence-corrected chi connectivity index (χ1v) is 6.89. The van der Waals surface area contributed by atoms with Crippen LogP contribution < -0.4 is 5.32 Å². The molecule has 0 fully saturated rings. The molecule has 0 spiro atoms. The molecular weight excluding hydrogens is 274 g/mol. The van der Waals surface area contributed by atoms with Crippen molar-refractivity contribution in [2.45, 2.75) is 39.2 Å². The third-order valence-electron chi connectivity index (χ3n) is 3.03. The Hall–Kier alpha value is -1.39. The normalized spacial score (nSPS) is 11.9. The Labute approximate surface area is 126 Å². The average Bonchev–Trinajstić information content (AvgIpc) is 2.92. The standard InChI is InChI=1S/C15H21N3O.ClH/c1-3-11-16-12(2)15-17-14(18-19-15)10-9-13-7-5-4-6-8-13;/h4-8,12,16H,3,9-11H2,1-2H3;1H. The SMILES string of the molecule is CCCNC(C)c1nc(CCc2ccccc2)no1.Cl. The van der Waals surface area contributed by atoms with Crippen LogP contribution in [0, 0.1) is 0 Å². The van der Waals surface area contributed by atoms with Crippen LogP contribution in [0.2, 0.25) is 0 Å². The highest BCUT2D eigenvalue weighted by molar-refractivity contribution is 5.85. The number of hydrogen-bond donors (Lipinski definition) is 1. The molecule has 1 unspecified atom stereocenters. The Morgan fingerprint density at radius 1 is 1.20 bits per heavy atom. The van der Waals surface area contributed by atoms with Crippen molar-refractivity contribution in [3.05, 3.63) is 47.6 Å². The molecule has 20 heavy (non-hydrogen) atoms. The van der Waals surface area contributed by atoms with Gasteiger partial charge in [0.2, 0.25) is 5.89 Å². The van der Waals surface area contributed by atoms with Crippen LogP contribution >= 0.6 is 12.4 Å². The van der Waals surface area contributed by atoms with Crippen LogP contribution in [0.3, 0.4) is 0 Å². The number of nitrogens with zero attached hydrogens (tertiary/aromatic N) is 2. The number of nitrogens with one attached hydrogen (secondary N) is 1. The first-order chi connectivity index (χ1) is 9.29. The smallest absolute Gasteiger partial charge is 0.243 e. The van der Waals surface area contributed by atoms with E-state index in [0.717, 1.165) is 31.6 Å². The topological polar surface area (TPSA) is 51.0 Å². The minimum atomic E-state index is 0. The van der Waals surface area contributed by atoms with E-state index in [1.54, 1.807) is 0 Å². The third kappa shape index (κ3) is 4.94. The van der Waals surface area contributed by atoms with Crippen LogP contribution in [0.1, 0.15) is 43.6 Å². The minimum Gasteiger partial charge on any atom is -0.338 e. The number of aromatic nitrogens is 2. The molecule has 0 aliphatic heterocycles. The van der Waals surface area contributed by atoms with Gasteiger partial charge in [-0.2, -0.15) is 4.98 Å². The van der Waals surface area contributed by atoms with Crippen LogP contribution in [-0.2, 0) is 12.8 Å². The number of aryl methyl sites for hydroxylation is 2. The second-order valence-electron chi connectivity index (χ2n) is 4.71. The van der Waals surface area contributed by atoms with Gasteiger partial charge in [-0.3, -0.25) is 0 Å². The van der Waals surface area contributed by atoms with E-state index in [2.05, 4.69) is 34.5 Å². The fourth-order valence-corrected chi connectivity index (χ4v) is 1.89. The molecule has 1 atom stereocenters. The molecule has 0 aliphatic rings. The van der Waals surface area contributed by atoms with Gasteiger partial charge < -0.3 is 9.84 Å². The van der Waals surface area contributed by atoms with Crippen LogP contribution in [0.25, 0.3) is 0 Å². The molecule has 110 valence electrons. The molecule has 1 aromatic carbocycles. The maximum atomic E-state index is 5.29. The van der Waals surface area contributed by atoms with Crippen LogP contribution in [0.5, 0.6) is 0 Å². The van der Waals surface area contributed by atoms with Crippen molar-refractivity contribution in [3.63, 3.8) is 0 Å². The van der Waals surface area contributed by atoms with Gasteiger partial charge in [0.25, 0.3) is 0 Å². The second kappa shape index (κ2) is 8.72. The minimum absolute atomic E-state index is 0. The summed E-state index contributed by atoms with van der Waals surface area (Å²) in [7, 11) is 0. The Morgan fingerprint density at radius 3 is 2.65 bits per heavy atom. The highest BCUT2D eigenvalue weighted by atomic mass is 35.5. The van der Waals surface area contributed by atoms with Gasteiger partial charge in [-0.15, -0.1) is 12.4 Å². The lowest BCUT2D eigenvalue weighted by Gasteiger charge is -2.06. The van der Waals surface area contributed by atoms with E-state index in [-0.39, 0.29) is 18.4 Å². The third-order valence-corrected chi connectivity index (χ3v) is 3.03.